The van der Waals surface area contributed by atoms with Crippen LogP contribution in [0.5, 0.6) is 5.75 Å². The number of hydrogen-bond acceptors (Lipinski definition) is 3. The van der Waals surface area contributed by atoms with Crippen LogP contribution < -0.4 is 10.5 Å². The molecule has 1 aromatic rings. The van der Waals surface area contributed by atoms with Crippen LogP contribution in [0.2, 0.25) is 0 Å². The molecule has 0 bridgehead atoms. The molecule has 0 aliphatic heterocycles. The zero-order valence-electron chi connectivity index (χ0n) is 9.70. The van der Waals surface area contributed by atoms with Gasteiger partial charge >= 0.3 is 0 Å². The zero-order valence-corrected chi connectivity index (χ0v) is 9.70. The third kappa shape index (κ3) is 3.79. The summed E-state index contributed by atoms with van der Waals surface area (Å²) in [6.07, 6.45) is 0. The van der Waals surface area contributed by atoms with E-state index in [0.717, 1.165) is 0 Å². The van der Waals surface area contributed by atoms with Crippen molar-refractivity contribution in [3.63, 3.8) is 0 Å². The van der Waals surface area contributed by atoms with Gasteiger partial charge in [-0.3, -0.25) is 0 Å². The van der Waals surface area contributed by atoms with Gasteiger partial charge in [-0.15, -0.1) is 0 Å². The van der Waals surface area contributed by atoms with Gasteiger partial charge in [-0.1, -0.05) is 6.07 Å². The molecule has 0 heterocycles. The second kappa shape index (κ2) is 6.45. The summed E-state index contributed by atoms with van der Waals surface area (Å²) in [5.41, 5.74) is 6.10. The summed E-state index contributed by atoms with van der Waals surface area (Å²) in [5, 5.41) is 0. The Morgan fingerprint density at radius 1 is 1.38 bits per heavy atom. The average Bonchev–Trinajstić information content (AvgIpc) is 2.24. The molecule has 1 rings (SSSR count). The lowest BCUT2D eigenvalue weighted by Gasteiger charge is -2.10. The van der Waals surface area contributed by atoms with E-state index in [1.165, 1.54) is 6.07 Å². The van der Waals surface area contributed by atoms with Crippen molar-refractivity contribution in [1.29, 1.82) is 0 Å². The number of rotatable bonds is 6. The number of nitrogens with two attached hydrogens (primary N) is 1. The summed E-state index contributed by atoms with van der Waals surface area (Å²) in [6, 6.07) is 4.41. The Balaban J connectivity index is 2.53. The summed E-state index contributed by atoms with van der Waals surface area (Å²) in [5.74, 6) is 0.172. The fourth-order valence-electron chi connectivity index (χ4n) is 1.33. The van der Waals surface area contributed by atoms with Crippen LogP contribution in [-0.2, 0) is 4.74 Å². The van der Waals surface area contributed by atoms with Crippen LogP contribution in [0.3, 0.4) is 0 Å². The predicted octanol–water partition coefficient (Wildman–Crippen LogP) is 2.26. The molecule has 90 valence electrons. The van der Waals surface area contributed by atoms with Gasteiger partial charge in [0.15, 0.2) is 0 Å². The fraction of sp³-hybridized carbons (Fsp3) is 0.500. The molecule has 0 radical (unpaired) electrons. The number of hydrogen-bond donors (Lipinski definition) is 1. The predicted molar refractivity (Wildman–Crippen MR) is 61.0 cm³/mol. The molecule has 3 nitrogen and oxygen atoms in total. The number of benzene rings is 1. The molecule has 0 spiro atoms. The zero-order chi connectivity index (χ0) is 12.0. The maximum atomic E-state index is 13.5. The quantitative estimate of drug-likeness (QED) is 0.758. The van der Waals surface area contributed by atoms with Crippen LogP contribution in [0.15, 0.2) is 18.2 Å². The van der Waals surface area contributed by atoms with E-state index < -0.39 is 0 Å². The van der Waals surface area contributed by atoms with Crippen LogP contribution in [0.4, 0.5) is 4.39 Å². The van der Waals surface area contributed by atoms with Crippen molar-refractivity contribution in [1.82, 2.24) is 0 Å². The van der Waals surface area contributed by atoms with E-state index >= 15 is 0 Å². The van der Waals surface area contributed by atoms with Gasteiger partial charge in [-0.05, 0) is 19.9 Å². The normalized spacial score (nSPS) is 12.5. The highest BCUT2D eigenvalue weighted by Crippen LogP contribution is 2.20. The Kier molecular flexibility index (Phi) is 5.22. The minimum absolute atomic E-state index is 0.308. The molecule has 16 heavy (non-hydrogen) atoms. The van der Waals surface area contributed by atoms with E-state index in [4.69, 9.17) is 15.2 Å². The minimum Gasteiger partial charge on any atom is -0.491 e. The SMILES string of the molecule is CCOCCOc1ccc([C@H](C)N)c(F)c1. The summed E-state index contributed by atoms with van der Waals surface area (Å²) in [4.78, 5) is 0. The number of halogens is 1. The molecular weight excluding hydrogens is 209 g/mol. The standard InChI is InChI=1S/C12H18FNO2/c1-3-15-6-7-16-10-4-5-11(9(2)14)12(13)8-10/h4-5,8-9H,3,6-7,14H2,1-2H3/t9-/m0/s1. The van der Waals surface area contributed by atoms with Gasteiger partial charge in [-0.2, -0.15) is 0 Å². The van der Waals surface area contributed by atoms with E-state index in [9.17, 15) is 4.39 Å². The van der Waals surface area contributed by atoms with Crippen LogP contribution in [0.1, 0.15) is 25.5 Å². The van der Waals surface area contributed by atoms with Crippen molar-refractivity contribution in [2.75, 3.05) is 19.8 Å². The second-order valence-electron chi connectivity index (χ2n) is 3.52. The molecule has 0 aromatic heterocycles. The van der Waals surface area contributed by atoms with E-state index in [1.807, 2.05) is 6.92 Å². The Morgan fingerprint density at radius 2 is 2.12 bits per heavy atom. The van der Waals surface area contributed by atoms with Crippen molar-refractivity contribution < 1.29 is 13.9 Å². The highest BCUT2D eigenvalue weighted by molar-refractivity contribution is 5.30. The van der Waals surface area contributed by atoms with Crippen molar-refractivity contribution >= 4 is 0 Å². The first-order valence-corrected chi connectivity index (χ1v) is 5.40. The molecule has 0 aliphatic rings. The Bertz CT molecular complexity index is 329. The topological polar surface area (TPSA) is 44.5 Å². The third-order valence-electron chi connectivity index (χ3n) is 2.16. The molecule has 0 saturated heterocycles. The van der Waals surface area contributed by atoms with Crippen LogP contribution in [-0.4, -0.2) is 19.8 Å². The van der Waals surface area contributed by atoms with Crippen LogP contribution in [0.25, 0.3) is 0 Å². The third-order valence-corrected chi connectivity index (χ3v) is 2.16. The highest BCUT2D eigenvalue weighted by atomic mass is 19.1. The molecule has 4 heteroatoms. The lowest BCUT2D eigenvalue weighted by Crippen LogP contribution is -2.09. The number of ether oxygens (including phenoxy) is 2. The van der Waals surface area contributed by atoms with Crippen molar-refractivity contribution in [3.8, 4) is 5.75 Å². The van der Waals surface area contributed by atoms with Crippen molar-refractivity contribution in [2.45, 2.75) is 19.9 Å². The van der Waals surface area contributed by atoms with Crippen LogP contribution >= 0.6 is 0 Å². The Hall–Kier alpha value is -1.13. The first kappa shape index (κ1) is 12.9. The van der Waals surface area contributed by atoms with Gasteiger partial charge in [-0.25, -0.2) is 4.39 Å². The van der Waals surface area contributed by atoms with Crippen LogP contribution in [0, 0.1) is 5.82 Å². The maximum Gasteiger partial charge on any atom is 0.131 e. The molecule has 1 aromatic carbocycles. The summed E-state index contributed by atoms with van der Waals surface area (Å²) in [6.45, 7) is 5.24. The van der Waals surface area contributed by atoms with Gasteiger partial charge < -0.3 is 15.2 Å². The summed E-state index contributed by atoms with van der Waals surface area (Å²) < 4.78 is 23.9. The Labute approximate surface area is 95.4 Å². The largest absolute Gasteiger partial charge is 0.491 e. The van der Waals surface area contributed by atoms with Gasteiger partial charge in [0.2, 0.25) is 0 Å². The van der Waals surface area contributed by atoms with E-state index in [1.54, 1.807) is 19.1 Å². The lowest BCUT2D eigenvalue weighted by molar-refractivity contribution is 0.110. The summed E-state index contributed by atoms with van der Waals surface area (Å²) in [7, 11) is 0. The minimum atomic E-state index is -0.330. The highest BCUT2D eigenvalue weighted by Gasteiger charge is 2.07. The van der Waals surface area contributed by atoms with Crippen molar-refractivity contribution in [3.05, 3.63) is 29.6 Å². The summed E-state index contributed by atoms with van der Waals surface area (Å²) >= 11 is 0. The van der Waals surface area contributed by atoms with Crippen molar-refractivity contribution in [2.24, 2.45) is 5.73 Å². The monoisotopic (exact) mass is 227 g/mol. The van der Waals surface area contributed by atoms with E-state index in [0.29, 0.717) is 31.1 Å². The molecule has 0 unspecified atom stereocenters. The van der Waals surface area contributed by atoms with Gasteiger partial charge in [0, 0.05) is 24.3 Å². The molecule has 2 N–H and O–H groups in total. The average molecular weight is 227 g/mol. The van der Waals surface area contributed by atoms with Gasteiger partial charge in [0.25, 0.3) is 0 Å². The molecular formula is C12H18FNO2. The fourth-order valence-corrected chi connectivity index (χ4v) is 1.33. The molecule has 0 fully saturated rings. The first-order valence-electron chi connectivity index (χ1n) is 5.40. The van der Waals surface area contributed by atoms with Gasteiger partial charge in [0.05, 0.1) is 6.61 Å². The molecule has 1 atom stereocenters. The Morgan fingerprint density at radius 3 is 2.69 bits per heavy atom. The molecule has 0 aliphatic carbocycles. The molecule has 0 saturated carbocycles. The van der Waals surface area contributed by atoms with Gasteiger partial charge in [0.1, 0.15) is 18.2 Å². The maximum absolute atomic E-state index is 13.5. The molecule has 0 amide bonds. The lowest BCUT2D eigenvalue weighted by atomic mass is 10.1. The second-order valence-corrected chi connectivity index (χ2v) is 3.52. The smallest absolute Gasteiger partial charge is 0.131 e. The first-order chi connectivity index (χ1) is 7.65. The van der Waals surface area contributed by atoms with E-state index in [-0.39, 0.29) is 11.9 Å². The van der Waals surface area contributed by atoms with E-state index in [2.05, 4.69) is 0 Å².